The number of methoxy groups -OCH3 is 1. The number of nitrogens with one attached hydrogen (secondary N) is 4. The van der Waals surface area contributed by atoms with Crippen LogP contribution in [0.2, 0.25) is 0 Å². The van der Waals surface area contributed by atoms with Crippen molar-refractivity contribution in [2.24, 2.45) is 0 Å². The van der Waals surface area contributed by atoms with E-state index in [0.717, 1.165) is 0 Å². The maximum Gasteiger partial charge on any atom is 0.327 e. The second kappa shape index (κ2) is 9.64. The summed E-state index contributed by atoms with van der Waals surface area (Å²) in [5.41, 5.74) is 3.98. The number of aromatic amines is 4. The summed E-state index contributed by atoms with van der Waals surface area (Å²) in [4.78, 5) is 62.7. The van der Waals surface area contributed by atoms with E-state index in [1.807, 2.05) is 0 Å². The highest BCUT2D eigenvalue weighted by Crippen LogP contribution is 2.47. The van der Waals surface area contributed by atoms with Gasteiger partial charge in [-0.15, -0.1) is 0 Å². The number of aromatic hydroxyl groups is 1. The Hall–Kier alpha value is -5.98. The molecule has 1 aliphatic rings. The molecule has 13 heteroatoms. The molecule has 3 heterocycles. The number of phenols is 1. The van der Waals surface area contributed by atoms with Crippen LogP contribution in [0, 0.1) is 0 Å². The summed E-state index contributed by atoms with van der Waals surface area (Å²) in [6, 6.07) is 17.8. The van der Waals surface area contributed by atoms with Crippen LogP contribution in [0.15, 0.2) is 85.9 Å². The zero-order valence-electron chi connectivity index (χ0n) is 21.3. The minimum atomic E-state index is -1.08. The molecule has 0 aliphatic carbocycles. The number of hydrogen-bond donors (Lipinski definition) is 6. The minimum Gasteiger partial charge on any atom is -0.504 e. The smallest absolute Gasteiger partial charge is 0.327 e. The lowest BCUT2D eigenvalue weighted by Crippen LogP contribution is -2.40. The standard InChI is InChI=1S/C28H22N6O7/c1-40-19-11-2-13(12-18(19)35)20-21-23(30-27(38)32-25(21)36)34(24-22(20)26(37)33-28(39)31-24)15-5-9-17(10-6-15)41-16-7-3-14(29)4-8-16/h2-12,20,35H,29H2,1H3,(H2,30,32,36,38)(H2,31,33,37,39). The second-order valence-electron chi connectivity index (χ2n) is 9.21. The van der Waals surface area contributed by atoms with Crippen molar-refractivity contribution in [3.63, 3.8) is 0 Å². The van der Waals surface area contributed by atoms with Crippen molar-refractivity contribution in [3.05, 3.63) is 125 Å². The molecule has 0 spiro atoms. The fourth-order valence-corrected chi connectivity index (χ4v) is 4.93. The van der Waals surface area contributed by atoms with E-state index in [-0.39, 0.29) is 34.3 Å². The quantitative estimate of drug-likeness (QED) is 0.173. The van der Waals surface area contributed by atoms with E-state index in [0.29, 0.717) is 28.4 Å². The Labute approximate surface area is 229 Å². The molecule has 0 amide bonds. The molecule has 5 aromatic rings. The van der Waals surface area contributed by atoms with Crippen LogP contribution in [0.3, 0.4) is 0 Å². The fraction of sp³-hybridized carbons (Fsp3) is 0.0714. The molecule has 1 aliphatic heterocycles. The molecule has 0 fully saturated rings. The van der Waals surface area contributed by atoms with Crippen molar-refractivity contribution >= 4 is 23.0 Å². The SMILES string of the molecule is COc1ccc(C2c3c([nH]c(=O)[nH]c3=O)N(c3ccc(Oc4ccc(N)cc4)cc3)c3[nH]c(=O)[nH]c(=O)c32)cc1O. The monoisotopic (exact) mass is 554 g/mol. The molecule has 0 unspecified atom stereocenters. The number of hydrogen-bond acceptors (Lipinski definition) is 9. The summed E-state index contributed by atoms with van der Waals surface area (Å²) in [6.07, 6.45) is 0. The number of H-pyrrole nitrogens is 4. The van der Waals surface area contributed by atoms with Gasteiger partial charge >= 0.3 is 11.4 Å². The Bertz CT molecular complexity index is 1950. The number of fused-ring (bicyclic) bond motifs is 2. The Kier molecular flexibility index (Phi) is 5.95. The average Bonchev–Trinajstić information content (AvgIpc) is 2.93. The van der Waals surface area contributed by atoms with Crippen LogP contribution in [0.4, 0.5) is 23.0 Å². The maximum atomic E-state index is 13.3. The molecule has 6 rings (SSSR count). The van der Waals surface area contributed by atoms with E-state index in [4.69, 9.17) is 15.2 Å². The van der Waals surface area contributed by atoms with Crippen molar-refractivity contribution in [1.82, 2.24) is 19.9 Å². The van der Waals surface area contributed by atoms with Gasteiger partial charge in [-0.25, -0.2) is 9.59 Å². The van der Waals surface area contributed by atoms with Crippen molar-refractivity contribution < 1.29 is 14.6 Å². The topological polar surface area (TPSA) is 199 Å². The maximum absolute atomic E-state index is 13.3. The van der Waals surface area contributed by atoms with Gasteiger partial charge in [0.25, 0.3) is 11.1 Å². The number of rotatable bonds is 5. The third-order valence-electron chi connectivity index (χ3n) is 6.69. The number of benzene rings is 3. The number of anilines is 4. The molecule has 0 bridgehead atoms. The minimum absolute atomic E-state index is 0.0152. The van der Waals surface area contributed by atoms with E-state index in [9.17, 15) is 24.3 Å². The molecule has 7 N–H and O–H groups in total. The molecule has 0 atom stereocenters. The third kappa shape index (κ3) is 4.40. The number of ether oxygens (including phenoxy) is 2. The molecule has 41 heavy (non-hydrogen) atoms. The van der Waals surface area contributed by atoms with E-state index in [1.54, 1.807) is 54.6 Å². The van der Waals surface area contributed by atoms with Gasteiger partial charge in [-0.2, -0.15) is 0 Å². The highest BCUT2D eigenvalue weighted by Gasteiger charge is 2.39. The Morgan fingerprint density at radius 3 is 1.80 bits per heavy atom. The molecule has 13 nitrogen and oxygen atoms in total. The number of nitrogens with zero attached hydrogens (tertiary/aromatic N) is 1. The number of nitrogens with two attached hydrogens (primary N) is 1. The van der Waals surface area contributed by atoms with Crippen molar-refractivity contribution in [2.45, 2.75) is 5.92 Å². The molecule has 206 valence electrons. The predicted octanol–water partition coefficient (Wildman–Crippen LogP) is 2.49. The van der Waals surface area contributed by atoms with Crippen LogP contribution in [0.1, 0.15) is 22.6 Å². The lowest BCUT2D eigenvalue weighted by Gasteiger charge is -2.35. The van der Waals surface area contributed by atoms with Crippen LogP contribution >= 0.6 is 0 Å². The van der Waals surface area contributed by atoms with Crippen LogP contribution in [-0.4, -0.2) is 32.2 Å². The zero-order valence-corrected chi connectivity index (χ0v) is 21.3. The van der Waals surface area contributed by atoms with Crippen LogP contribution in [0.5, 0.6) is 23.0 Å². The lowest BCUT2D eigenvalue weighted by atomic mass is 9.83. The van der Waals surface area contributed by atoms with Gasteiger partial charge < -0.3 is 20.3 Å². The zero-order chi connectivity index (χ0) is 28.8. The fourth-order valence-electron chi connectivity index (χ4n) is 4.93. The average molecular weight is 555 g/mol. The van der Waals surface area contributed by atoms with Gasteiger partial charge in [0, 0.05) is 11.4 Å². The number of aromatic nitrogens is 4. The second-order valence-corrected chi connectivity index (χ2v) is 9.21. The highest BCUT2D eigenvalue weighted by atomic mass is 16.5. The van der Waals surface area contributed by atoms with Crippen LogP contribution in [-0.2, 0) is 0 Å². The predicted molar refractivity (Wildman–Crippen MR) is 150 cm³/mol. The van der Waals surface area contributed by atoms with Crippen molar-refractivity contribution in [3.8, 4) is 23.0 Å². The van der Waals surface area contributed by atoms with E-state index in [1.165, 1.54) is 24.1 Å². The van der Waals surface area contributed by atoms with E-state index < -0.39 is 28.4 Å². The van der Waals surface area contributed by atoms with Gasteiger partial charge in [-0.3, -0.25) is 34.4 Å². The van der Waals surface area contributed by atoms with Gasteiger partial charge in [-0.05, 0) is 66.2 Å². The molecule has 0 radical (unpaired) electrons. The molecule has 0 saturated carbocycles. The summed E-state index contributed by atoms with van der Waals surface area (Å²) >= 11 is 0. The van der Waals surface area contributed by atoms with Gasteiger partial charge in [0.1, 0.15) is 23.1 Å². The Balaban J connectivity index is 1.55. The first-order chi connectivity index (χ1) is 19.7. The third-order valence-corrected chi connectivity index (χ3v) is 6.69. The first-order valence-electron chi connectivity index (χ1n) is 12.3. The summed E-state index contributed by atoms with van der Waals surface area (Å²) in [5, 5.41) is 10.5. The van der Waals surface area contributed by atoms with Crippen LogP contribution in [0.25, 0.3) is 0 Å². The van der Waals surface area contributed by atoms with Gasteiger partial charge in [0.2, 0.25) is 0 Å². The van der Waals surface area contributed by atoms with Gasteiger partial charge in [-0.1, -0.05) is 6.07 Å². The summed E-state index contributed by atoms with van der Waals surface area (Å²) in [6.45, 7) is 0. The first kappa shape index (κ1) is 25.3. The van der Waals surface area contributed by atoms with E-state index >= 15 is 0 Å². The van der Waals surface area contributed by atoms with Crippen LogP contribution < -0.4 is 42.6 Å². The number of phenolic OH excluding ortho intramolecular Hbond substituents is 1. The summed E-state index contributed by atoms with van der Waals surface area (Å²) in [7, 11) is 1.38. The first-order valence-corrected chi connectivity index (χ1v) is 12.3. The lowest BCUT2D eigenvalue weighted by molar-refractivity contribution is 0.373. The van der Waals surface area contributed by atoms with E-state index in [2.05, 4.69) is 19.9 Å². The largest absolute Gasteiger partial charge is 0.504 e. The molecule has 0 saturated heterocycles. The van der Waals surface area contributed by atoms with Crippen molar-refractivity contribution in [1.29, 1.82) is 0 Å². The Morgan fingerprint density at radius 1 is 0.756 bits per heavy atom. The molecule has 2 aromatic heterocycles. The van der Waals surface area contributed by atoms with Crippen molar-refractivity contribution in [2.75, 3.05) is 17.7 Å². The molecular weight excluding hydrogens is 532 g/mol. The molecule has 3 aromatic carbocycles. The number of nitrogen functional groups attached to an aromatic ring is 1. The Morgan fingerprint density at radius 2 is 1.29 bits per heavy atom. The highest BCUT2D eigenvalue weighted by molar-refractivity contribution is 5.81. The summed E-state index contributed by atoms with van der Waals surface area (Å²) < 4.78 is 11.0. The summed E-state index contributed by atoms with van der Waals surface area (Å²) in [5.74, 6) is -0.0470. The van der Waals surface area contributed by atoms with Gasteiger partial charge in [0.15, 0.2) is 11.5 Å². The van der Waals surface area contributed by atoms with Gasteiger partial charge in [0.05, 0.1) is 24.2 Å². The normalized spacial score (nSPS) is 12.5. The molecular formula is C28H22N6O7.